The van der Waals surface area contributed by atoms with Gasteiger partial charge >= 0.3 is 12.1 Å². The van der Waals surface area contributed by atoms with Gasteiger partial charge < -0.3 is 14.8 Å². The van der Waals surface area contributed by atoms with E-state index in [0.29, 0.717) is 16.7 Å². The van der Waals surface area contributed by atoms with Crippen LogP contribution >= 0.6 is 0 Å². The molecule has 0 fully saturated rings. The summed E-state index contributed by atoms with van der Waals surface area (Å²) in [5.41, 5.74) is 2.06. The number of alkyl carbamates (subject to hydrolysis) is 1. The lowest BCUT2D eigenvalue weighted by Crippen LogP contribution is -2.42. The molecular weight excluding hydrogens is 360 g/mol. The topological polar surface area (TPSA) is 111 Å². The van der Waals surface area contributed by atoms with Gasteiger partial charge in [0.2, 0.25) is 10.0 Å². The van der Waals surface area contributed by atoms with E-state index in [9.17, 15) is 18.0 Å². The third-order valence-corrected chi connectivity index (χ3v) is 4.51. The third kappa shape index (κ3) is 5.18. The molecule has 0 saturated carbocycles. The second kappa shape index (κ2) is 7.24. The van der Waals surface area contributed by atoms with Crippen molar-refractivity contribution in [1.29, 1.82) is 0 Å². The standard InChI is InChI=1S/C17H24N2O6S/c1-10-11(6-7-12-13(10)8-24-15(12)20)14(19-26(5,22)23)9-25-16(21)18-17(2,3)4/h6-7,14,19H,8-9H2,1-5H3,(H,18,21)/t14-/m0/s1. The molecule has 0 unspecified atom stereocenters. The summed E-state index contributed by atoms with van der Waals surface area (Å²) in [5.74, 6) is -0.400. The number of hydrogen-bond donors (Lipinski definition) is 2. The molecule has 26 heavy (non-hydrogen) atoms. The van der Waals surface area contributed by atoms with Crippen LogP contribution in [-0.2, 0) is 26.1 Å². The Morgan fingerprint density at radius 1 is 1.35 bits per heavy atom. The van der Waals surface area contributed by atoms with Crippen molar-refractivity contribution in [2.75, 3.05) is 12.9 Å². The molecule has 9 heteroatoms. The lowest BCUT2D eigenvalue weighted by molar-refractivity contribution is 0.0534. The number of fused-ring (bicyclic) bond motifs is 1. The van der Waals surface area contributed by atoms with Gasteiger partial charge in [0.15, 0.2) is 0 Å². The zero-order valence-electron chi connectivity index (χ0n) is 15.5. The molecule has 2 N–H and O–H groups in total. The molecule has 1 aliphatic rings. The molecule has 0 saturated heterocycles. The largest absolute Gasteiger partial charge is 0.457 e. The third-order valence-electron chi connectivity index (χ3n) is 3.80. The van der Waals surface area contributed by atoms with E-state index in [1.807, 2.05) is 20.8 Å². The number of esters is 1. The second-order valence-electron chi connectivity index (χ2n) is 7.30. The fourth-order valence-corrected chi connectivity index (χ4v) is 3.40. The molecule has 1 heterocycles. The number of carbonyl (C=O) groups excluding carboxylic acids is 2. The minimum atomic E-state index is -3.56. The highest BCUT2D eigenvalue weighted by Crippen LogP contribution is 2.29. The first kappa shape index (κ1) is 20.2. The van der Waals surface area contributed by atoms with Crippen molar-refractivity contribution in [3.63, 3.8) is 0 Å². The summed E-state index contributed by atoms with van der Waals surface area (Å²) in [4.78, 5) is 23.6. The molecule has 1 atom stereocenters. The van der Waals surface area contributed by atoms with E-state index in [1.54, 1.807) is 19.1 Å². The summed E-state index contributed by atoms with van der Waals surface area (Å²) < 4.78 is 36.2. The molecule has 1 aliphatic heterocycles. The molecule has 0 spiro atoms. The maximum absolute atomic E-state index is 11.9. The maximum atomic E-state index is 11.9. The Hall–Kier alpha value is -2.13. The van der Waals surface area contributed by atoms with Crippen molar-refractivity contribution >= 4 is 22.1 Å². The Morgan fingerprint density at radius 2 is 2.00 bits per heavy atom. The number of cyclic esters (lactones) is 1. The van der Waals surface area contributed by atoms with E-state index >= 15 is 0 Å². The van der Waals surface area contributed by atoms with Crippen LogP contribution in [0.1, 0.15) is 53.9 Å². The first-order chi connectivity index (χ1) is 11.9. The number of ether oxygens (including phenoxy) is 2. The zero-order chi connectivity index (χ0) is 19.7. The van der Waals surface area contributed by atoms with Crippen molar-refractivity contribution in [2.45, 2.75) is 45.9 Å². The van der Waals surface area contributed by atoms with E-state index in [-0.39, 0.29) is 13.2 Å². The first-order valence-electron chi connectivity index (χ1n) is 8.09. The number of benzene rings is 1. The summed E-state index contributed by atoms with van der Waals surface area (Å²) in [6, 6.07) is 2.46. The van der Waals surface area contributed by atoms with E-state index in [0.717, 1.165) is 11.8 Å². The van der Waals surface area contributed by atoms with Gasteiger partial charge in [0.25, 0.3) is 0 Å². The van der Waals surface area contributed by atoms with Gasteiger partial charge in [-0.2, -0.15) is 0 Å². The van der Waals surface area contributed by atoms with Crippen LogP contribution in [0.4, 0.5) is 4.79 Å². The number of carbonyl (C=O) groups is 2. The highest BCUT2D eigenvalue weighted by Gasteiger charge is 2.28. The Labute approximate surface area is 153 Å². The quantitative estimate of drug-likeness (QED) is 0.749. The number of hydrogen-bond acceptors (Lipinski definition) is 6. The molecule has 0 bridgehead atoms. The average molecular weight is 384 g/mol. The second-order valence-corrected chi connectivity index (χ2v) is 9.08. The van der Waals surface area contributed by atoms with E-state index in [4.69, 9.17) is 9.47 Å². The fourth-order valence-electron chi connectivity index (χ4n) is 2.69. The Balaban J connectivity index is 2.26. The molecule has 8 nitrogen and oxygen atoms in total. The highest BCUT2D eigenvalue weighted by molar-refractivity contribution is 7.88. The van der Waals surface area contributed by atoms with Gasteiger partial charge in [0, 0.05) is 11.1 Å². The lowest BCUT2D eigenvalue weighted by atomic mass is 9.95. The molecule has 1 aromatic carbocycles. The summed E-state index contributed by atoms with van der Waals surface area (Å²) in [5, 5.41) is 2.65. The maximum Gasteiger partial charge on any atom is 0.407 e. The van der Waals surface area contributed by atoms with Crippen molar-refractivity contribution < 1.29 is 27.5 Å². The van der Waals surface area contributed by atoms with Gasteiger partial charge in [-0.15, -0.1) is 0 Å². The monoisotopic (exact) mass is 384 g/mol. The van der Waals surface area contributed by atoms with Crippen LogP contribution in [0.3, 0.4) is 0 Å². The first-order valence-corrected chi connectivity index (χ1v) is 9.98. The summed E-state index contributed by atoms with van der Waals surface area (Å²) in [7, 11) is -3.56. The van der Waals surface area contributed by atoms with Crippen LogP contribution in [0, 0.1) is 6.92 Å². The summed E-state index contributed by atoms with van der Waals surface area (Å²) >= 11 is 0. The van der Waals surface area contributed by atoms with Crippen molar-refractivity contribution in [3.05, 3.63) is 34.4 Å². The molecule has 0 radical (unpaired) electrons. The Bertz CT molecular complexity index is 826. The lowest BCUT2D eigenvalue weighted by Gasteiger charge is -2.23. The van der Waals surface area contributed by atoms with Crippen LogP contribution in [0.15, 0.2) is 12.1 Å². The number of nitrogens with one attached hydrogen (secondary N) is 2. The highest BCUT2D eigenvalue weighted by atomic mass is 32.2. The molecule has 144 valence electrons. The van der Waals surface area contributed by atoms with Crippen LogP contribution in [0.5, 0.6) is 0 Å². The van der Waals surface area contributed by atoms with Crippen LogP contribution in [0.25, 0.3) is 0 Å². The SMILES string of the molecule is Cc1c([C@H](COC(=O)NC(C)(C)C)NS(C)(=O)=O)ccc2c1COC2=O. The smallest absolute Gasteiger partial charge is 0.407 e. The van der Waals surface area contributed by atoms with Crippen LogP contribution in [0.2, 0.25) is 0 Å². The summed E-state index contributed by atoms with van der Waals surface area (Å²) in [6.07, 6.45) is 0.389. The summed E-state index contributed by atoms with van der Waals surface area (Å²) in [6.45, 7) is 7.16. The minimum absolute atomic E-state index is 0.144. The average Bonchev–Trinajstić information content (AvgIpc) is 2.84. The molecule has 1 amide bonds. The Kier molecular flexibility index (Phi) is 5.62. The molecule has 0 aromatic heterocycles. The van der Waals surface area contributed by atoms with Gasteiger partial charge in [0.05, 0.1) is 17.9 Å². The van der Waals surface area contributed by atoms with Gasteiger partial charge in [-0.3, -0.25) is 0 Å². The predicted molar refractivity (Wildman–Crippen MR) is 95.3 cm³/mol. The normalized spacial score (nSPS) is 15.2. The zero-order valence-corrected chi connectivity index (χ0v) is 16.3. The molecule has 0 aliphatic carbocycles. The van der Waals surface area contributed by atoms with Gasteiger partial charge in [-0.05, 0) is 44.9 Å². The number of sulfonamides is 1. The van der Waals surface area contributed by atoms with E-state index in [2.05, 4.69) is 10.0 Å². The van der Waals surface area contributed by atoms with Crippen molar-refractivity contribution in [1.82, 2.24) is 10.0 Å². The number of amides is 1. The fraction of sp³-hybridized carbons (Fsp3) is 0.529. The molecule has 1 aromatic rings. The van der Waals surface area contributed by atoms with Crippen molar-refractivity contribution in [3.8, 4) is 0 Å². The van der Waals surface area contributed by atoms with Gasteiger partial charge in [0.1, 0.15) is 13.2 Å². The number of rotatable bonds is 5. The molecular formula is C17H24N2O6S. The Morgan fingerprint density at radius 3 is 2.58 bits per heavy atom. The van der Waals surface area contributed by atoms with Gasteiger partial charge in [-0.25, -0.2) is 22.7 Å². The van der Waals surface area contributed by atoms with Crippen molar-refractivity contribution in [2.24, 2.45) is 0 Å². The predicted octanol–water partition coefficient (Wildman–Crippen LogP) is 1.78. The van der Waals surface area contributed by atoms with E-state index < -0.39 is 33.7 Å². The van der Waals surface area contributed by atoms with E-state index in [1.165, 1.54) is 0 Å². The molecule has 2 rings (SSSR count). The minimum Gasteiger partial charge on any atom is -0.457 e. The van der Waals surface area contributed by atoms with Crippen LogP contribution in [-0.4, -0.2) is 38.9 Å². The van der Waals surface area contributed by atoms with Gasteiger partial charge in [-0.1, -0.05) is 6.07 Å². The van der Waals surface area contributed by atoms with Crippen LogP contribution < -0.4 is 10.0 Å².